The second kappa shape index (κ2) is 5.91. The summed E-state index contributed by atoms with van der Waals surface area (Å²) in [6.07, 6.45) is 10.8. The first-order valence-electron chi connectivity index (χ1n) is 7.37. The molecule has 0 radical (unpaired) electrons. The van der Waals surface area contributed by atoms with Crippen molar-refractivity contribution in [2.75, 3.05) is 13.3 Å². The summed E-state index contributed by atoms with van der Waals surface area (Å²) < 4.78 is 23.4. The summed E-state index contributed by atoms with van der Waals surface area (Å²) in [4.78, 5) is 0. The summed E-state index contributed by atoms with van der Waals surface area (Å²) in [6, 6.07) is 0.528. The molecule has 2 aliphatic carbocycles. The van der Waals surface area contributed by atoms with E-state index in [9.17, 15) is 8.42 Å². The summed E-state index contributed by atoms with van der Waals surface area (Å²) in [6.45, 7) is 0. The summed E-state index contributed by atoms with van der Waals surface area (Å²) in [7, 11) is -0.813. The Morgan fingerprint density at radius 2 is 1.83 bits per heavy atom. The van der Waals surface area contributed by atoms with Gasteiger partial charge in [0.15, 0.2) is 0 Å². The van der Waals surface area contributed by atoms with Gasteiger partial charge in [0.2, 0.25) is 0 Å². The maximum atomic E-state index is 11.7. The van der Waals surface area contributed by atoms with Crippen LogP contribution in [-0.4, -0.2) is 33.0 Å². The van der Waals surface area contributed by atoms with Crippen LogP contribution in [0.15, 0.2) is 0 Å². The van der Waals surface area contributed by atoms with E-state index in [0.29, 0.717) is 12.0 Å². The Labute approximate surface area is 112 Å². The van der Waals surface area contributed by atoms with Gasteiger partial charge >= 0.3 is 0 Å². The number of rotatable bonds is 5. The van der Waals surface area contributed by atoms with Gasteiger partial charge < -0.3 is 5.32 Å². The molecule has 0 bridgehead atoms. The lowest BCUT2D eigenvalue weighted by Gasteiger charge is -2.37. The van der Waals surface area contributed by atoms with Crippen LogP contribution in [0.5, 0.6) is 0 Å². The van der Waals surface area contributed by atoms with Crippen LogP contribution in [0.3, 0.4) is 0 Å². The molecular weight excluding hydrogens is 246 g/mol. The zero-order valence-electron chi connectivity index (χ0n) is 11.7. The molecule has 0 aromatic carbocycles. The first-order valence-corrected chi connectivity index (χ1v) is 9.32. The Bertz CT molecular complexity index is 362. The molecule has 0 aliphatic heterocycles. The van der Waals surface area contributed by atoms with E-state index in [1.165, 1.54) is 38.4 Å². The predicted molar refractivity (Wildman–Crippen MR) is 75.4 cm³/mol. The fraction of sp³-hybridized carbons (Fsp3) is 1.00. The lowest BCUT2D eigenvalue weighted by Crippen LogP contribution is -2.41. The maximum absolute atomic E-state index is 11.7. The van der Waals surface area contributed by atoms with Crippen LogP contribution in [0.1, 0.15) is 51.4 Å². The first-order chi connectivity index (χ1) is 8.50. The third-order valence-electron chi connectivity index (χ3n) is 5.02. The van der Waals surface area contributed by atoms with E-state index in [0.717, 1.165) is 25.2 Å². The normalized spacial score (nSPS) is 31.9. The molecule has 2 rings (SSSR count). The fourth-order valence-electron chi connectivity index (χ4n) is 3.57. The van der Waals surface area contributed by atoms with Gasteiger partial charge in [-0.1, -0.05) is 25.7 Å². The number of nitrogens with one attached hydrogen (secondary N) is 1. The molecule has 0 heterocycles. The molecule has 0 aromatic rings. The molecule has 0 aromatic heterocycles. The second-order valence-corrected chi connectivity index (χ2v) is 8.63. The molecule has 18 heavy (non-hydrogen) atoms. The molecular formula is C14H27NO2S. The molecule has 3 atom stereocenters. The molecule has 2 fully saturated rings. The van der Waals surface area contributed by atoms with Gasteiger partial charge in [-0.3, -0.25) is 0 Å². The van der Waals surface area contributed by atoms with Crippen LogP contribution < -0.4 is 5.32 Å². The molecule has 0 saturated heterocycles. The molecule has 2 saturated carbocycles. The van der Waals surface area contributed by atoms with Crippen molar-refractivity contribution in [1.82, 2.24) is 5.32 Å². The second-order valence-electron chi connectivity index (χ2n) is 6.31. The van der Waals surface area contributed by atoms with Gasteiger partial charge in [-0.2, -0.15) is 0 Å². The van der Waals surface area contributed by atoms with Gasteiger partial charge in [0, 0.05) is 12.3 Å². The largest absolute Gasteiger partial charge is 0.317 e. The Morgan fingerprint density at radius 1 is 1.17 bits per heavy atom. The van der Waals surface area contributed by atoms with Crippen LogP contribution in [0.4, 0.5) is 0 Å². The van der Waals surface area contributed by atoms with Crippen LogP contribution in [-0.2, 0) is 9.84 Å². The van der Waals surface area contributed by atoms with E-state index < -0.39 is 9.84 Å². The van der Waals surface area contributed by atoms with Crippen LogP contribution >= 0.6 is 0 Å². The molecule has 4 heteroatoms. The van der Waals surface area contributed by atoms with Gasteiger partial charge in [0.05, 0.1) is 5.25 Å². The van der Waals surface area contributed by atoms with E-state index in [4.69, 9.17) is 0 Å². The van der Waals surface area contributed by atoms with Crippen LogP contribution in [0.25, 0.3) is 0 Å². The molecule has 0 spiro atoms. The van der Waals surface area contributed by atoms with Crippen LogP contribution in [0, 0.1) is 11.8 Å². The van der Waals surface area contributed by atoms with E-state index in [1.54, 1.807) is 0 Å². The van der Waals surface area contributed by atoms with Crippen molar-refractivity contribution in [3.8, 4) is 0 Å². The topological polar surface area (TPSA) is 46.2 Å². The van der Waals surface area contributed by atoms with E-state index >= 15 is 0 Å². The number of sulfone groups is 1. The van der Waals surface area contributed by atoms with Crippen molar-refractivity contribution in [3.05, 3.63) is 0 Å². The maximum Gasteiger partial charge on any atom is 0.150 e. The quantitative estimate of drug-likeness (QED) is 0.836. The zero-order chi connectivity index (χ0) is 13.2. The van der Waals surface area contributed by atoms with Crippen molar-refractivity contribution in [1.29, 1.82) is 0 Å². The first kappa shape index (κ1) is 14.3. The Hall–Kier alpha value is -0.0900. The van der Waals surface area contributed by atoms with Gasteiger partial charge in [0.1, 0.15) is 9.84 Å². The van der Waals surface area contributed by atoms with Gasteiger partial charge in [-0.05, 0) is 44.6 Å². The third kappa shape index (κ3) is 3.47. The van der Waals surface area contributed by atoms with Crippen molar-refractivity contribution in [3.63, 3.8) is 0 Å². The van der Waals surface area contributed by atoms with Gasteiger partial charge in [0.25, 0.3) is 0 Å². The zero-order valence-corrected chi connectivity index (χ0v) is 12.5. The van der Waals surface area contributed by atoms with Crippen molar-refractivity contribution in [2.45, 2.75) is 62.7 Å². The highest BCUT2D eigenvalue weighted by atomic mass is 32.2. The van der Waals surface area contributed by atoms with Crippen molar-refractivity contribution >= 4 is 9.84 Å². The lowest BCUT2D eigenvalue weighted by molar-refractivity contribution is 0.200. The minimum atomic E-state index is -2.85. The SMILES string of the molecule is CNC(CC1CCC1)C1CCCC(S(C)(=O)=O)C1. The molecule has 3 unspecified atom stereocenters. The third-order valence-corrected chi connectivity index (χ3v) is 6.66. The average Bonchev–Trinajstić information content (AvgIpc) is 2.27. The molecule has 1 N–H and O–H groups in total. The highest BCUT2D eigenvalue weighted by molar-refractivity contribution is 7.91. The van der Waals surface area contributed by atoms with Gasteiger partial charge in [-0.25, -0.2) is 8.42 Å². The van der Waals surface area contributed by atoms with E-state index in [2.05, 4.69) is 5.32 Å². The highest BCUT2D eigenvalue weighted by Crippen LogP contribution is 2.36. The highest BCUT2D eigenvalue weighted by Gasteiger charge is 2.34. The van der Waals surface area contributed by atoms with Crippen molar-refractivity contribution in [2.24, 2.45) is 11.8 Å². The summed E-state index contributed by atoms with van der Waals surface area (Å²) in [5.74, 6) is 1.45. The Kier molecular flexibility index (Phi) is 4.70. The summed E-state index contributed by atoms with van der Waals surface area (Å²) in [5.41, 5.74) is 0. The number of hydrogen-bond acceptors (Lipinski definition) is 3. The number of hydrogen-bond donors (Lipinski definition) is 1. The molecule has 0 amide bonds. The monoisotopic (exact) mass is 273 g/mol. The standard InChI is InChI=1S/C14H27NO2S/c1-15-14(9-11-5-3-6-11)12-7-4-8-13(10-12)18(2,16)17/h11-15H,3-10H2,1-2H3. The Balaban J connectivity index is 1.93. The fourth-order valence-corrected chi connectivity index (χ4v) is 4.76. The average molecular weight is 273 g/mol. The van der Waals surface area contributed by atoms with Crippen molar-refractivity contribution < 1.29 is 8.42 Å². The predicted octanol–water partition coefficient (Wildman–Crippen LogP) is 2.37. The summed E-state index contributed by atoms with van der Waals surface area (Å²) in [5, 5.41) is 3.36. The van der Waals surface area contributed by atoms with E-state index in [-0.39, 0.29) is 5.25 Å². The summed E-state index contributed by atoms with van der Waals surface area (Å²) >= 11 is 0. The lowest BCUT2D eigenvalue weighted by atomic mass is 9.75. The minimum Gasteiger partial charge on any atom is -0.317 e. The van der Waals surface area contributed by atoms with Gasteiger partial charge in [-0.15, -0.1) is 0 Å². The molecule has 106 valence electrons. The molecule has 2 aliphatic rings. The molecule has 3 nitrogen and oxygen atoms in total. The van der Waals surface area contributed by atoms with Crippen LogP contribution in [0.2, 0.25) is 0 Å². The smallest absolute Gasteiger partial charge is 0.150 e. The minimum absolute atomic E-state index is 0.0894. The van der Waals surface area contributed by atoms with E-state index in [1.807, 2.05) is 7.05 Å². The Morgan fingerprint density at radius 3 is 2.33 bits per heavy atom.